The predicted molar refractivity (Wildman–Crippen MR) is 78.2 cm³/mol. The van der Waals surface area contributed by atoms with E-state index in [9.17, 15) is 0 Å². The molecule has 1 unspecified atom stereocenters. The summed E-state index contributed by atoms with van der Waals surface area (Å²) in [5, 5.41) is 0. The number of nitrogens with zero attached hydrogens (tertiary/aromatic N) is 3. The van der Waals surface area contributed by atoms with Crippen molar-refractivity contribution in [2.45, 2.75) is 58.8 Å². The average molecular weight is 249 g/mol. The van der Waals surface area contributed by atoms with E-state index in [-0.39, 0.29) is 0 Å². The number of unbranched alkanes of at least 4 members (excludes halogenated alkanes) is 3. The molecule has 1 atom stereocenters. The minimum absolute atomic E-state index is 0.523. The lowest BCUT2D eigenvalue weighted by Gasteiger charge is -2.16. The average Bonchev–Trinajstić information content (AvgIpc) is 2.42. The highest BCUT2D eigenvalue weighted by molar-refractivity contribution is 5.34. The molecule has 3 nitrogen and oxygen atoms in total. The Labute approximate surface area is 112 Å². The first-order valence-corrected chi connectivity index (χ1v) is 7.22. The summed E-state index contributed by atoms with van der Waals surface area (Å²) in [6.07, 6.45) is 10.3. The third-order valence-corrected chi connectivity index (χ3v) is 3.52. The van der Waals surface area contributed by atoms with Gasteiger partial charge < -0.3 is 4.90 Å². The van der Waals surface area contributed by atoms with Crippen LogP contribution in [0.2, 0.25) is 0 Å². The fraction of sp³-hybridized carbons (Fsp3) is 0.733. The second kappa shape index (κ2) is 8.06. The molecule has 1 heterocycles. The molecule has 0 aliphatic heterocycles. The number of hydrogen-bond donors (Lipinski definition) is 0. The fourth-order valence-electron chi connectivity index (χ4n) is 1.97. The molecule has 0 saturated heterocycles. The summed E-state index contributed by atoms with van der Waals surface area (Å²) in [4.78, 5) is 11.1. The molecule has 0 fully saturated rings. The second-order valence-electron chi connectivity index (χ2n) is 5.06. The van der Waals surface area contributed by atoms with Crippen molar-refractivity contribution in [3.63, 3.8) is 0 Å². The van der Waals surface area contributed by atoms with Crippen molar-refractivity contribution in [2.24, 2.45) is 0 Å². The van der Waals surface area contributed by atoms with E-state index < -0.39 is 0 Å². The lowest BCUT2D eigenvalue weighted by Crippen LogP contribution is -2.17. The molecule has 0 aromatic carbocycles. The van der Waals surface area contributed by atoms with E-state index >= 15 is 0 Å². The fourth-order valence-corrected chi connectivity index (χ4v) is 1.97. The lowest BCUT2D eigenvalue weighted by molar-refractivity contribution is 0.570. The van der Waals surface area contributed by atoms with Gasteiger partial charge in [-0.05, 0) is 19.3 Å². The molecule has 102 valence electrons. The van der Waals surface area contributed by atoms with Gasteiger partial charge in [0.05, 0.1) is 18.1 Å². The van der Waals surface area contributed by atoms with Gasteiger partial charge in [-0.1, -0.05) is 39.5 Å². The van der Waals surface area contributed by atoms with Gasteiger partial charge in [0.1, 0.15) is 5.82 Å². The first-order chi connectivity index (χ1) is 8.69. The van der Waals surface area contributed by atoms with Crippen molar-refractivity contribution in [3.8, 4) is 0 Å². The van der Waals surface area contributed by atoms with E-state index in [1.807, 2.05) is 19.4 Å². The molecule has 0 bridgehead atoms. The summed E-state index contributed by atoms with van der Waals surface area (Å²) < 4.78 is 0. The Kier molecular flexibility index (Phi) is 6.69. The van der Waals surface area contributed by atoms with Crippen LogP contribution >= 0.6 is 0 Å². The first kappa shape index (κ1) is 14.9. The number of anilines is 1. The van der Waals surface area contributed by atoms with Gasteiger partial charge in [0, 0.05) is 13.6 Å². The van der Waals surface area contributed by atoms with Crippen molar-refractivity contribution in [3.05, 3.63) is 18.1 Å². The molecule has 0 spiro atoms. The molecule has 0 radical (unpaired) electrons. The van der Waals surface area contributed by atoms with E-state index in [1.165, 1.54) is 32.1 Å². The summed E-state index contributed by atoms with van der Waals surface area (Å²) in [6.45, 7) is 7.57. The highest BCUT2D eigenvalue weighted by Gasteiger charge is 2.08. The Bertz CT molecular complexity index is 321. The first-order valence-electron chi connectivity index (χ1n) is 7.22. The molecule has 18 heavy (non-hydrogen) atoms. The van der Waals surface area contributed by atoms with Gasteiger partial charge in [-0.15, -0.1) is 0 Å². The molecule has 1 rings (SSSR count). The second-order valence-corrected chi connectivity index (χ2v) is 5.06. The molecule has 0 amide bonds. The molecule has 0 aliphatic rings. The van der Waals surface area contributed by atoms with Gasteiger partial charge >= 0.3 is 0 Å². The van der Waals surface area contributed by atoms with E-state index in [0.717, 1.165) is 18.1 Å². The molecular formula is C15H27N3. The maximum Gasteiger partial charge on any atom is 0.146 e. The van der Waals surface area contributed by atoms with E-state index in [0.29, 0.717) is 5.92 Å². The van der Waals surface area contributed by atoms with Crippen LogP contribution < -0.4 is 4.90 Å². The van der Waals surface area contributed by atoms with E-state index in [1.54, 1.807) is 0 Å². The molecule has 1 aromatic heterocycles. The van der Waals surface area contributed by atoms with Crippen LogP contribution in [0.5, 0.6) is 0 Å². The van der Waals surface area contributed by atoms with Crippen LogP contribution in [0.15, 0.2) is 12.4 Å². The standard InChI is InChI=1S/C15H27N3/c1-5-7-8-9-10-13(3)14-11-17-15(12-16-14)18(4)6-2/h11-13H,5-10H2,1-4H3. The van der Waals surface area contributed by atoms with E-state index in [2.05, 4.69) is 35.6 Å². The summed E-state index contributed by atoms with van der Waals surface area (Å²) in [7, 11) is 2.04. The van der Waals surface area contributed by atoms with Crippen molar-refractivity contribution in [1.82, 2.24) is 9.97 Å². The normalized spacial score (nSPS) is 12.4. The van der Waals surface area contributed by atoms with Crippen molar-refractivity contribution >= 4 is 5.82 Å². The minimum atomic E-state index is 0.523. The summed E-state index contributed by atoms with van der Waals surface area (Å²) >= 11 is 0. The summed E-state index contributed by atoms with van der Waals surface area (Å²) in [5.74, 6) is 1.48. The smallest absolute Gasteiger partial charge is 0.146 e. The molecule has 0 N–H and O–H groups in total. The number of rotatable bonds is 8. The highest BCUT2D eigenvalue weighted by Crippen LogP contribution is 2.20. The van der Waals surface area contributed by atoms with Crippen LogP contribution in [-0.2, 0) is 0 Å². The van der Waals surface area contributed by atoms with Crippen LogP contribution in [0.1, 0.15) is 64.5 Å². The quantitative estimate of drug-likeness (QED) is 0.652. The van der Waals surface area contributed by atoms with Gasteiger partial charge in [0.25, 0.3) is 0 Å². The van der Waals surface area contributed by atoms with Gasteiger partial charge in [-0.25, -0.2) is 4.98 Å². The van der Waals surface area contributed by atoms with Crippen molar-refractivity contribution in [1.29, 1.82) is 0 Å². The van der Waals surface area contributed by atoms with E-state index in [4.69, 9.17) is 0 Å². The molecule has 1 aromatic rings. The minimum Gasteiger partial charge on any atom is -0.359 e. The topological polar surface area (TPSA) is 29.0 Å². The van der Waals surface area contributed by atoms with Crippen LogP contribution in [0, 0.1) is 0 Å². The number of aromatic nitrogens is 2. The van der Waals surface area contributed by atoms with Crippen molar-refractivity contribution < 1.29 is 0 Å². The Morgan fingerprint density at radius 1 is 1.11 bits per heavy atom. The molecule has 0 aliphatic carbocycles. The largest absolute Gasteiger partial charge is 0.359 e. The molecular weight excluding hydrogens is 222 g/mol. The monoisotopic (exact) mass is 249 g/mol. The van der Waals surface area contributed by atoms with Crippen molar-refractivity contribution in [2.75, 3.05) is 18.5 Å². The van der Waals surface area contributed by atoms with Gasteiger partial charge in [0.15, 0.2) is 0 Å². The lowest BCUT2D eigenvalue weighted by atomic mass is 10.00. The Morgan fingerprint density at radius 3 is 2.44 bits per heavy atom. The van der Waals surface area contributed by atoms with Crippen LogP contribution in [-0.4, -0.2) is 23.6 Å². The van der Waals surface area contributed by atoms with Crippen LogP contribution in [0.3, 0.4) is 0 Å². The maximum atomic E-state index is 4.54. The summed E-state index contributed by atoms with van der Waals surface area (Å²) in [6, 6.07) is 0. The van der Waals surface area contributed by atoms with Gasteiger partial charge in [-0.2, -0.15) is 0 Å². The van der Waals surface area contributed by atoms with Gasteiger partial charge in [0.2, 0.25) is 0 Å². The van der Waals surface area contributed by atoms with Crippen LogP contribution in [0.4, 0.5) is 5.82 Å². The highest BCUT2D eigenvalue weighted by atomic mass is 15.2. The molecule has 0 saturated carbocycles. The Hall–Kier alpha value is -1.12. The summed E-state index contributed by atoms with van der Waals surface area (Å²) in [5.41, 5.74) is 1.12. The number of hydrogen-bond acceptors (Lipinski definition) is 3. The Morgan fingerprint density at radius 2 is 1.89 bits per heavy atom. The zero-order valence-electron chi connectivity index (χ0n) is 12.3. The SMILES string of the molecule is CCCCCCC(C)c1cnc(N(C)CC)cn1. The third-order valence-electron chi connectivity index (χ3n) is 3.52. The zero-order chi connectivity index (χ0) is 13.4. The van der Waals surface area contributed by atoms with Crippen LogP contribution in [0.25, 0.3) is 0 Å². The predicted octanol–water partition coefficient (Wildman–Crippen LogP) is 4.01. The molecule has 3 heteroatoms. The zero-order valence-corrected chi connectivity index (χ0v) is 12.3. The Balaban J connectivity index is 2.46. The van der Waals surface area contributed by atoms with Gasteiger partial charge in [-0.3, -0.25) is 4.98 Å². The maximum absolute atomic E-state index is 4.54. The third kappa shape index (κ3) is 4.63.